The van der Waals surface area contributed by atoms with E-state index in [0.717, 1.165) is 45.3 Å². The van der Waals surface area contributed by atoms with Gasteiger partial charge in [0.25, 0.3) is 6.43 Å². The maximum Gasteiger partial charge on any atom is 0.251 e. The van der Waals surface area contributed by atoms with Crippen molar-refractivity contribution in [2.24, 2.45) is 5.92 Å². The van der Waals surface area contributed by atoms with Crippen LogP contribution < -0.4 is 5.32 Å². The maximum absolute atomic E-state index is 12.6. The largest absolute Gasteiger partial charge is 0.317 e. The number of nitrogens with zero attached hydrogens (tertiary/aromatic N) is 1. The van der Waals surface area contributed by atoms with Gasteiger partial charge in [-0.1, -0.05) is 12.8 Å². The molecule has 1 N–H and O–H groups in total. The van der Waals surface area contributed by atoms with E-state index >= 15 is 0 Å². The Morgan fingerprint density at radius 3 is 2.53 bits per heavy atom. The van der Waals surface area contributed by atoms with E-state index in [9.17, 15) is 8.78 Å². The van der Waals surface area contributed by atoms with Crippen molar-refractivity contribution in [2.75, 3.05) is 26.2 Å². The van der Waals surface area contributed by atoms with Crippen molar-refractivity contribution in [1.82, 2.24) is 10.2 Å². The zero-order valence-electron chi connectivity index (χ0n) is 10.5. The second-order valence-electron chi connectivity index (χ2n) is 5.39. The molecule has 2 saturated heterocycles. The van der Waals surface area contributed by atoms with Gasteiger partial charge in [-0.15, -0.1) is 0 Å². The Balaban J connectivity index is 1.97. The van der Waals surface area contributed by atoms with Gasteiger partial charge >= 0.3 is 0 Å². The van der Waals surface area contributed by atoms with E-state index in [0.29, 0.717) is 12.0 Å². The molecule has 0 aromatic heterocycles. The summed E-state index contributed by atoms with van der Waals surface area (Å²) in [7, 11) is 0. The van der Waals surface area contributed by atoms with Gasteiger partial charge in [0.05, 0.1) is 6.54 Å². The summed E-state index contributed by atoms with van der Waals surface area (Å²) in [5.41, 5.74) is 0. The van der Waals surface area contributed by atoms with Crippen molar-refractivity contribution in [3.63, 3.8) is 0 Å². The van der Waals surface area contributed by atoms with E-state index in [1.54, 1.807) is 0 Å². The number of hydrogen-bond donors (Lipinski definition) is 1. The van der Waals surface area contributed by atoms with Crippen LogP contribution in [0.5, 0.6) is 0 Å². The molecular weight excluding hydrogens is 222 g/mol. The predicted octanol–water partition coefficient (Wildman–Crippen LogP) is 2.50. The zero-order chi connectivity index (χ0) is 12.1. The van der Waals surface area contributed by atoms with E-state index in [1.165, 1.54) is 12.8 Å². The summed E-state index contributed by atoms with van der Waals surface area (Å²) in [5.74, 6) is 0.633. The minimum Gasteiger partial charge on any atom is -0.317 e. The lowest BCUT2D eigenvalue weighted by Gasteiger charge is -2.37. The molecule has 2 nitrogen and oxygen atoms in total. The number of hydrogen-bond acceptors (Lipinski definition) is 2. The Kier molecular flexibility index (Phi) is 5.16. The van der Waals surface area contributed by atoms with Crippen LogP contribution in [0.2, 0.25) is 0 Å². The Hall–Kier alpha value is -0.220. The molecule has 0 spiro atoms. The Morgan fingerprint density at radius 2 is 1.82 bits per heavy atom. The third kappa shape index (κ3) is 3.88. The van der Waals surface area contributed by atoms with E-state index < -0.39 is 6.43 Å². The van der Waals surface area contributed by atoms with Gasteiger partial charge in [0.15, 0.2) is 0 Å². The molecule has 0 aromatic rings. The SMILES string of the molecule is FC(F)CN1CCCCCC1C1CCNCC1. The highest BCUT2D eigenvalue weighted by atomic mass is 19.3. The number of likely N-dealkylation sites (tertiary alicyclic amines) is 1. The van der Waals surface area contributed by atoms with Gasteiger partial charge in [-0.05, 0) is 51.2 Å². The highest BCUT2D eigenvalue weighted by Crippen LogP contribution is 2.28. The summed E-state index contributed by atoms with van der Waals surface area (Å²) in [6.45, 7) is 2.97. The number of alkyl halides is 2. The van der Waals surface area contributed by atoms with E-state index in [2.05, 4.69) is 10.2 Å². The molecule has 0 radical (unpaired) electrons. The summed E-state index contributed by atoms with van der Waals surface area (Å²) in [6, 6.07) is 0.411. The molecule has 2 fully saturated rings. The first-order valence-corrected chi connectivity index (χ1v) is 7.00. The van der Waals surface area contributed by atoms with Crippen molar-refractivity contribution in [3.8, 4) is 0 Å². The van der Waals surface area contributed by atoms with Crippen molar-refractivity contribution < 1.29 is 8.78 Å². The van der Waals surface area contributed by atoms with Crippen molar-refractivity contribution >= 4 is 0 Å². The summed E-state index contributed by atoms with van der Waals surface area (Å²) >= 11 is 0. The number of halogens is 2. The van der Waals surface area contributed by atoms with Crippen molar-refractivity contribution in [3.05, 3.63) is 0 Å². The maximum atomic E-state index is 12.6. The van der Waals surface area contributed by atoms with Crippen LogP contribution in [-0.2, 0) is 0 Å². The number of piperidine rings is 1. The van der Waals surface area contributed by atoms with Crippen LogP contribution in [0.4, 0.5) is 8.78 Å². The molecule has 0 bridgehead atoms. The molecule has 4 heteroatoms. The first-order chi connectivity index (χ1) is 8.27. The summed E-state index contributed by atoms with van der Waals surface area (Å²) in [5, 5.41) is 3.36. The van der Waals surface area contributed by atoms with Crippen LogP contribution in [0.25, 0.3) is 0 Å². The first-order valence-electron chi connectivity index (χ1n) is 7.00. The molecule has 2 rings (SSSR count). The summed E-state index contributed by atoms with van der Waals surface area (Å²) in [6.07, 6.45) is 4.77. The van der Waals surface area contributed by atoms with Crippen molar-refractivity contribution in [2.45, 2.75) is 51.0 Å². The number of nitrogens with one attached hydrogen (secondary N) is 1. The molecule has 0 aromatic carbocycles. The lowest BCUT2D eigenvalue weighted by molar-refractivity contribution is 0.0430. The van der Waals surface area contributed by atoms with Crippen LogP contribution in [0.15, 0.2) is 0 Å². The average molecular weight is 246 g/mol. The minimum atomic E-state index is -2.18. The van der Waals surface area contributed by atoms with Gasteiger partial charge < -0.3 is 5.32 Å². The highest BCUT2D eigenvalue weighted by Gasteiger charge is 2.30. The fourth-order valence-electron chi connectivity index (χ4n) is 3.36. The van der Waals surface area contributed by atoms with Gasteiger partial charge in [0.2, 0.25) is 0 Å². The summed E-state index contributed by atoms with van der Waals surface area (Å²) < 4.78 is 25.3. The molecule has 0 saturated carbocycles. The standard InChI is InChI=1S/C13H24F2N2/c14-13(15)10-17-9-3-1-2-4-12(17)11-5-7-16-8-6-11/h11-13,16H,1-10H2. The normalized spacial score (nSPS) is 29.5. The molecular formula is C13H24F2N2. The van der Waals surface area contributed by atoms with Crippen molar-refractivity contribution in [1.29, 1.82) is 0 Å². The van der Waals surface area contributed by atoms with E-state index in [-0.39, 0.29) is 6.54 Å². The highest BCUT2D eigenvalue weighted by molar-refractivity contribution is 4.85. The van der Waals surface area contributed by atoms with Gasteiger partial charge in [-0.3, -0.25) is 4.90 Å². The molecule has 0 amide bonds. The number of rotatable bonds is 3. The molecule has 1 unspecified atom stereocenters. The van der Waals surface area contributed by atoms with Gasteiger partial charge in [-0.2, -0.15) is 0 Å². The van der Waals surface area contributed by atoms with Crippen LogP contribution in [0.1, 0.15) is 38.5 Å². The van der Waals surface area contributed by atoms with Gasteiger partial charge in [0.1, 0.15) is 0 Å². The molecule has 100 valence electrons. The second-order valence-corrected chi connectivity index (χ2v) is 5.39. The lowest BCUT2D eigenvalue weighted by atomic mass is 9.87. The quantitative estimate of drug-likeness (QED) is 0.823. The first kappa shape index (κ1) is 13.2. The van der Waals surface area contributed by atoms with E-state index in [4.69, 9.17) is 0 Å². The van der Waals surface area contributed by atoms with Crippen LogP contribution in [0.3, 0.4) is 0 Å². The molecule has 2 aliphatic heterocycles. The lowest BCUT2D eigenvalue weighted by Crippen LogP contribution is -2.46. The average Bonchev–Trinajstić information content (AvgIpc) is 2.55. The van der Waals surface area contributed by atoms with Gasteiger partial charge in [0, 0.05) is 6.04 Å². The van der Waals surface area contributed by atoms with E-state index in [1.807, 2.05) is 0 Å². The van der Waals surface area contributed by atoms with Crippen LogP contribution in [0, 0.1) is 5.92 Å². The molecule has 0 aliphatic carbocycles. The van der Waals surface area contributed by atoms with Crippen LogP contribution in [-0.4, -0.2) is 43.5 Å². The predicted molar refractivity (Wildman–Crippen MR) is 65.4 cm³/mol. The Morgan fingerprint density at radius 1 is 1.06 bits per heavy atom. The summed E-state index contributed by atoms with van der Waals surface area (Å²) in [4.78, 5) is 2.08. The van der Waals surface area contributed by atoms with Gasteiger partial charge in [-0.25, -0.2) is 8.78 Å². The smallest absolute Gasteiger partial charge is 0.251 e. The third-order valence-corrected chi connectivity index (χ3v) is 4.21. The fraction of sp³-hybridized carbons (Fsp3) is 1.00. The van der Waals surface area contributed by atoms with Crippen LogP contribution >= 0.6 is 0 Å². The Bertz CT molecular complexity index is 217. The molecule has 2 heterocycles. The third-order valence-electron chi connectivity index (χ3n) is 4.21. The molecule has 1 atom stereocenters. The minimum absolute atomic E-state index is 0.0193. The zero-order valence-corrected chi connectivity index (χ0v) is 10.5. The topological polar surface area (TPSA) is 15.3 Å². The monoisotopic (exact) mass is 246 g/mol. The Labute approximate surface area is 103 Å². The molecule has 17 heavy (non-hydrogen) atoms. The second kappa shape index (κ2) is 6.64. The molecule has 2 aliphatic rings. The fourth-order valence-corrected chi connectivity index (χ4v) is 3.36.